The molecule has 10 heteroatoms. The lowest BCUT2D eigenvalue weighted by Crippen LogP contribution is -2.30. The van der Waals surface area contributed by atoms with E-state index in [9.17, 15) is 19.7 Å². The van der Waals surface area contributed by atoms with Crippen LogP contribution >= 0.6 is 0 Å². The number of benzene rings is 2. The van der Waals surface area contributed by atoms with Crippen molar-refractivity contribution in [3.05, 3.63) is 70.1 Å². The Balaban J connectivity index is 1.47. The zero-order valence-electron chi connectivity index (χ0n) is 16.9. The first-order valence-corrected chi connectivity index (χ1v) is 9.46. The highest BCUT2D eigenvalue weighted by Crippen LogP contribution is 2.18. The molecule has 160 valence electrons. The van der Waals surface area contributed by atoms with Crippen LogP contribution in [0.15, 0.2) is 53.1 Å². The van der Waals surface area contributed by atoms with E-state index in [1.54, 1.807) is 0 Å². The number of aryl methyl sites for hydroxylation is 2. The fourth-order valence-electron chi connectivity index (χ4n) is 2.61. The number of nitrogens with zero attached hydrogens (tertiary/aromatic N) is 3. The van der Waals surface area contributed by atoms with Crippen LogP contribution in [0.4, 0.5) is 11.4 Å². The van der Waals surface area contributed by atoms with Crippen molar-refractivity contribution in [3.63, 3.8) is 0 Å². The zero-order valence-corrected chi connectivity index (χ0v) is 16.9. The van der Waals surface area contributed by atoms with Crippen molar-refractivity contribution >= 4 is 23.3 Å². The van der Waals surface area contributed by atoms with Crippen LogP contribution in [0.3, 0.4) is 0 Å². The SMILES string of the molecule is Cc1ccc(-c2noc(CCC(=O)OC(C)C(=O)Nc3ccc([N+](=O)[O-])cc3)n2)cc1. The number of ether oxygens (including phenoxy) is 1. The quantitative estimate of drug-likeness (QED) is 0.330. The fraction of sp³-hybridized carbons (Fsp3) is 0.238. The Labute approximate surface area is 177 Å². The third-order valence-corrected chi connectivity index (χ3v) is 4.34. The predicted molar refractivity (Wildman–Crippen MR) is 110 cm³/mol. The Bertz CT molecular complexity index is 1080. The molecular formula is C21H20N4O6. The minimum Gasteiger partial charge on any atom is -0.453 e. The third-order valence-electron chi connectivity index (χ3n) is 4.34. The molecule has 0 aliphatic carbocycles. The molecule has 10 nitrogen and oxygen atoms in total. The average Bonchev–Trinajstić information content (AvgIpc) is 3.22. The van der Waals surface area contributed by atoms with Gasteiger partial charge in [-0.25, -0.2) is 0 Å². The molecule has 3 aromatic rings. The van der Waals surface area contributed by atoms with E-state index in [1.807, 2.05) is 31.2 Å². The molecule has 31 heavy (non-hydrogen) atoms. The standard InChI is InChI=1S/C21H20N4O6/c1-13-3-5-15(6-4-13)20-23-18(31-24-20)11-12-19(26)30-14(2)21(27)22-16-7-9-17(10-8-16)25(28)29/h3-10,14H,11-12H2,1-2H3,(H,22,27). The molecule has 1 amide bonds. The van der Waals surface area contributed by atoms with Gasteiger partial charge in [-0.1, -0.05) is 35.0 Å². The number of hydrogen-bond donors (Lipinski definition) is 1. The molecule has 0 aliphatic heterocycles. The number of nitro benzene ring substituents is 1. The molecule has 1 N–H and O–H groups in total. The van der Waals surface area contributed by atoms with E-state index in [4.69, 9.17) is 9.26 Å². The first-order chi connectivity index (χ1) is 14.8. The monoisotopic (exact) mass is 424 g/mol. The molecule has 2 aromatic carbocycles. The highest BCUT2D eigenvalue weighted by molar-refractivity contribution is 5.95. The van der Waals surface area contributed by atoms with Crippen molar-refractivity contribution in [2.24, 2.45) is 0 Å². The second kappa shape index (κ2) is 9.61. The molecule has 0 saturated heterocycles. The molecule has 0 aliphatic rings. The summed E-state index contributed by atoms with van der Waals surface area (Å²) in [7, 11) is 0. The molecule has 1 unspecified atom stereocenters. The van der Waals surface area contributed by atoms with Gasteiger partial charge in [-0.2, -0.15) is 4.98 Å². The number of rotatable bonds is 8. The van der Waals surface area contributed by atoms with E-state index in [2.05, 4.69) is 15.5 Å². The summed E-state index contributed by atoms with van der Waals surface area (Å²) < 4.78 is 10.3. The second-order valence-corrected chi connectivity index (χ2v) is 6.80. The van der Waals surface area contributed by atoms with Gasteiger partial charge >= 0.3 is 5.97 Å². The van der Waals surface area contributed by atoms with E-state index >= 15 is 0 Å². The van der Waals surface area contributed by atoms with E-state index in [1.165, 1.54) is 31.2 Å². The molecule has 0 fully saturated rings. The Hall–Kier alpha value is -4.08. The predicted octanol–water partition coefficient (Wildman–Crippen LogP) is 3.46. The summed E-state index contributed by atoms with van der Waals surface area (Å²) in [6.07, 6.45) is -0.910. The van der Waals surface area contributed by atoms with E-state index < -0.39 is 22.9 Å². The van der Waals surface area contributed by atoms with Crippen LogP contribution in [-0.4, -0.2) is 33.0 Å². The second-order valence-electron chi connectivity index (χ2n) is 6.80. The van der Waals surface area contributed by atoms with Crippen LogP contribution in [0, 0.1) is 17.0 Å². The maximum atomic E-state index is 12.2. The van der Waals surface area contributed by atoms with Crippen molar-refractivity contribution in [1.82, 2.24) is 10.1 Å². The molecule has 0 bridgehead atoms. The van der Waals surface area contributed by atoms with E-state index in [0.29, 0.717) is 11.5 Å². The summed E-state index contributed by atoms with van der Waals surface area (Å²) in [4.78, 5) is 38.6. The van der Waals surface area contributed by atoms with Gasteiger partial charge in [0, 0.05) is 29.8 Å². The van der Waals surface area contributed by atoms with Gasteiger partial charge in [0.1, 0.15) is 0 Å². The van der Waals surface area contributed by atoms with Crippen molar-refractivity contribution in [3.8, 4) is 11.4 Å². The van der Waals surface area contributed by atoms with Crippen LogP contribution in [0.5, 0.6) is 0 Å². The highest BCUT2D eigenvalue weighted by Gasteiger charge is 2.19. The first kappa shape index (κ1) is 21.6. The highest BCUT2D eigenvalue weighted by atomic mass is 16.6. The summed E-state index contributed by atoms with van der Waals surface area (Å²) in [5.74, 6) is -0.433. The average molecular weight is 424 g/mol. The summed E-state index contributed by atoms with van der Waals surface area (Å²) in [6.45, 7) is 3.41. The van der Waals surface area contributed by atoms with E-state index in [-0.39, 0.29) is 24.4 Å². The van der Waals surface area contributed by atoms with Gasteiger partial charge in [0.2, 0.25) is 11.7 Å². The third kappa shape index (κ3) is 5.95. The van der Waals surface area contributed by atoms with Crippen LogP contribution in [0.25, 0.3) is 11.4 Å². The van der Waals surface area contributed by atoms with Crippen molar-refractivity contribution in [2.75, 3.05) is 5.32 Å². The molecule has 0 spiro atoms. The summed E-state index contributed by atoms with van der Waals surface area (Å²) >= 11 is 0. The van der Waals surface area contributed by atoms with Gasteiger partial charge < -0.3 is 14.6 Å². The first-order valence-electron chi connectivity index (χ1n) is 9.46. The maximum absolute atomic E-state index is 12.2. The zero-order chi connectivity index (χ0) is 22.4. The Kier molecular flexibility index (Phi) is 6.71. The molecule has 1 aromatic heterocycles. The molecule has 0 radical (unpaired) electrons. The molecule has 3 rings (SSSR count). The lowest BCUT2D eigenvalue weighted by Gasteiger charge is -2.13. The minimum absolute atomic E-state index is 0.0370. The number of amides is 1. The fourth-order valence-corrected chi connectivity index (χ4v) is 2.61. The van der Waals surface area contributed by atoms with Gasteiger partial charge in [-0.05, 0) is 26.0 Å². The lowest BCUT2D eigenvalue weighted by atomic mass is 10.1. The topological polar surface area (TPSA) is 137 Å². The number of anilines is 1. The van der Waals surface area contributed by atoms with Crippen molar-refractivity contribution in [1.29, 1.82) is 0 Å². The number of esters is 1. The number of nitrogens with one attached hydrogen (secondary N) is 1. The van der Waals surface area contributed by atoms with Gasteiger partial charge in [0.05, 0.1) is 11.3 Å². The number of aromatic nitrogens is 2. The van der Waals surface area contributed by atoms with Crippen LogP contribution in [-0.2, 0) is 20.7 Å². The van der Waals surface area contributed by atoms with Crippen molar-refractivity contribution in [2.45, 2.75) is 32.8 Å². The van der Waals surface area contributed by atoms with Gasteiger partial charge in [0.25, 0.3) is 11.6 Å². The normalized spacial score (nSPS) is 11.5. The molecule has 1 heterocycles. The number of hydrogen-bond acceptors (Lipinski definition) is 8. The van der Waals surface area contributed by atoms with Crippen LogP contribution in [0.2, 0.25) is 0 Å². The van der Waals surface area contributed by atoms with E-state index in [0.717, 1.165) is 11.1 Å². The smallest absolute Gasteiger partial charge is 0.307 e. The van der Waals surface area contributed by atoms with Crippen molar-refractivity contribution < 1.29 is 23.8 Å². The number of nitro groups is 1. The Morgan fingerprint density at radius 2 is 1.84 bits per heavy atom. The lowest BCUT2D eigenvalue weighted by molar-refractivity contribution is -0.384. The van der Waals surface area contributed by atoms with Crippen LogP contribution < -0.4 is 5.32 Å². The van der Waals surface area contributed by atoms with Gasteiger partial charge in [-0.15, -0.1) is 0 Å². The van der Waals surface area contributed by atoms with Gasteiger partial charge in [-0.3, -0.25) is 19.7 Å². The summed E-state index contributed by atoms with van der Waals surface area (Å²) in [5, 5.41) is 17.1. The Morgan fingerprint density at radius 1 is 1.16 bits per heavy atom. The summed E-state index contributed by atoms with van der Waals surface area (Å²) in [6, 6.07) is 12.9. The minimum atomic E-state index is -1.05. The number of carbonyl (C=O) groups excluding carboxylic acids is 2. The molecule has 1 atom stereocenters. The van der Waals surface area contributed by atoms with Gasteiger partial charge in [0.15, 0.2) is 6.10 Å². The molecule has 0 saturated carbocycles. The summed E-state index contributed by atoms with van der Waals surface area (Å²) in [5.41, 5.74) is 2.18. The molecular weight excluding hydrogens is 404 g/mol. The van der Waals surface area contributed by atoms with Crippen LogP contribution in [0.1, 0.15) is 24.8 Å². The maximum Gasteiger partial charge on any atom is 0.307 e. The number of non-ortho nitro benzene ring substituents is 1. The largest absolute Gasteiger partial charge is 0.453 e. The Morgan fingerprint density at radius 3 is 2.48 bits per heavy atom. The number of carbonyl (C=O) groups is 2.